The van der Waals surface area contributed by atoms with Crippen LogP contribution in [0, 0.1) is 0 Å². The van der Waals surface area contributed by atoms with Crippen LogP contribution in [-0.4, -0.2) is 198 Å². The number of hydrogen-bond acceptors (Lipinski definition) is 16. The molecule has 0 atom stereocenters. The monoisotopic (exact) mass is 716 g/mol. The van der Waals surface area contributed by atoms with E-state index in [0.29, 0.717) is 185 Å². The average Bonchev–Trinajstić information content (AvgIpc) is 3.11. The molecule has 0 aromatic carbocycles. The molecular weight excluding hydrogens is 652 g/mol. The summed E-state index contributed by atoms with van der Waals surface area (Å²) in [5, 5.41) is 0. The Morgan fingerprint density at radius 3 is 0.653 bits per heavy atom. The first kappa shape index (κ1) is 47.7. The van der Waals surface area contributed by atoms with E-state index in [1.165, 1.54) is 0 Å². The summed E-state index contributed by atoms with van der Waals surface area (Å²) in [7, 11) is 0. The molecule has 0 spiro atoms. The highest BCUT2D eigenvalue weighted by Gasteiger charge is 1.98. The molecule has 0 aliphatic carbocycles. The van der Waals surface area contributed by atoms with Gasteiger partial charge >= 0.3 is 5.97 Å². The Morgan fingerprint density at radius 1 is 0.327 bits per heavy atom. The quantitative estimate of drug-likeness (QED) is 0.0499. The molecule has 0 N–H and O–H groups in total. The van der Waals surface area contributed by atoms with E-state index in [4.69, 9.17) is 71.1 Å². The van der Waals surface area contributed by atoms with Crippen LogP contribution < -0.4 is 0 Å². The van der Waals surface area contributed by atoms with Crippen molar-refractivity contribution >= 4 is 5.97 Å². The second kappa shape index (κ2) is 44.7. The van der Waals surface area contributed by atoms with Gasteiger partial charge in [-0.15, -0.1) is 0 Å². The van der Waals surface area contributed by atoms with E-state index in [1.807, 2.05) is 6.92 Å². The topological polar surface area (TPSA) is 156 Å². The number of carbonyl (C=O) groups is 1. The van der Waals surface area contributed by atoms with Crippen molar-refractivity contribution < 1.29 is 75.8 Å². The summed E-state index contributed by atoms with van der Waals surface area (Å²) < 4.78 is 80.6. The maximum atomic E-state index is 10.8. The Balaban J connectivity index is 3.05. The summed E-state index contributed by atoms with van der Waals surface area (Å²) in [5.41, 5.74) is 0. The third kappa shape index (κ3) is 44.6. The maximum absolute atomic E-state index is 10.8. The summed E-state index contributed by atoms with van der Waals surface area (Å²) in [6, 6.07) is 0. The van der Waals surface area contributed by atoms with Gasteiger partial charge in [0.1, 0.15) is 6.61 Å². The van der Waals surface area contributed by atoms with Crippen molar-refractivity contribution in [2.24, 2.45) is 0 Å². The first-order chi connectivity index (χ1) is 24.3. The van der Waals surface area contributed by atoms with Crippen LogP contribution in [0.15, 0.2) is 12.7 Å². The van der Waals surface area contributed by atoms with E-state index >= 15 is 0 Å². The molecule has 0 aliphatic rings. The smallest absolute Gasteiger partial charge is 0.330 e. The van der Waals surface area contributed by atoms with Gasteiger partial charge in [0.25, 0.3) is 0 Å². The van der Waals surface area contributed by atoms with E-state index in [-0.39, 0.29) is 6.61 Å². The normalized spacial score (nSPS) is 11.4. The second-order valence-corrected chi connectivity index (χ2v) is 9.53. The fourth-order valence-corrected chi connectivity index (χ4v) is 3.26. The van der Waals surface area contributed by atoms with Crippen LogP contribution in [-0.2, 0) is 75.8 Å². The largest absolute Gasteiger partial charge is 0.460 e. The zero-order chi connectivity index (χ0) is 35.4. The highest BCUT2D eigenvalue weighted by Crippen LogP contribution is 1.88. The van der Waals surface area contributed by atoms with E-state index in [1.54, 1.807) is 0 Å². The van der Waals surface area contributed by atoms with E-state index in [9.17, 15) is 4.79 Å². The molecule has 0 radical (unpaired) electrons. The Hall–Kier alpha value is -1.35. The number of rotatable bonds is 44. The van der Waals surface area contributed by atoms with Gasteiger partial charge in [0.15, 0.2) is 0 Å². The number of carbonyl (C=O) groups excluding carboxylic acids is 1. The lowest BCUT2D eigenvalue weighted by Crippen LogP contribution is -2.15. The van der Waals surface area contributed by atoms with Gasteiger partial charge in [-0.25, -0.2) is 4.79 Å². The molecule has 0 saturated heterocycles. The van der Waals surface area contributed by atoms with Gasteiger partial charge in [-0.1, -0.05) is 6.58 Å². The van der Waals surface area contributed by atoms with Gasteiger partial charge in [0, 0.05) is 12.7 Å². The molecule has 0 rings (SSSR count). The van der Waals surface area contributed by atoms with Crippen molar-refractivity contribution in [2.45, 2.75) is 6.92 Å². The number of hydrogen-bond donors (Lipinski definition) is 0. The molecular formula is C33H64O16. The molecule has 49 heavy (non-hydrogen) atoms. The van der Waals surface area contributed by atoms with Crippen molar-refractivity contribution in [3.05, 3.63) is 12.7 Å². The first-order valence-corrected chi connectivity index (χ1v) is 17.2. The molecule has 0 bridgehead atoms. The van der Waals surface area contributed by atoms with Gasteiger partial charge < -0.3 is 71.1 Å². The standard InChI is InChI=1S/C33H64O16/c1-3-33(34)49-32-31-48-30-29-47-28-27-46-26-25-45-24-23-44-22-21-43-20-19-42-18-17-41-16-15-40-14-13-39-12-11-38-10-9-37-8-7-36-6-5-35-4-2/h3H,1,4-32H2,2H3. The Morgan fingerprint density at radius 2 is 0.490 bits per heavy atom. The van der Waals surface area contributed by atoms with Crippen molar-refractivity contribution in [3.8, 4) is 0 Å². The van der Waals surface area contributed by atoms with E-state index in [0.717, 1.165) is 6.08 Å². The van der Waals surface area contributed by atoms with Crippen molar-refractivity contribution in [2.75, 3.05) is 192 Å². The van der Waals surface area contributed by atoms with Crippen LogP contribution in [0.3, 0.4) is 0 Å². The molecule has 292 valence electrons. The Bertz CT molecular complexity index is 646. The summed E-state index contributed by atoms with van der Waals surface area (Å²) in [6.07, 6.45) is 1.11. The van der Waals surface area contributed by atoms with Crippen LogP contribution in [0.5, 0.6) is 0 Å². The van der Waals surface area contributed by atoms with Gasteiger partial charge in [0.2, 0.25) is 0 Å². The molecule has 16 heteroatoms. The van der Waals surface area contributed by atoms with Crippen molar-refractivity contribution in [1.82, 2.24) is 0 Å². The molecule has 0 fully saturated rings. The fraction of sp³-hybridized carbons (Fsp3) is 0.909. The van der Waals surface area contributed by atoms with Gasteiger partial charge in [-0.3, -0.25) is 0 Å². The molecule has 0 unspecified atom stereocenters. The van der Waals surface area contributed by atoms with Crippen molar-refractivity contribution in [1.29, 1.82) is 0 Å². The van der Waals surface area contributed by atoms with E-state index in [2.05, 4.69) is 6.58 Å². The Labute approximate surface area is 293 Å². The van der Waals surface area contributed by atoms with Crippen LogP contribution >= 0.6 is 0 Å². The lowest BCUT2D eigenvalue weighted by molar-refractivity contribution is -0.139. The first-order valence-electron chi connectivity index (χ1n) is 17.2. The average molecular weight is 717 g/mol. The predicted octanol–water partition coefficient (Wildman–Crippen LogP) is 0.968. The highest BCUT2D eigenvalue weighted by molar-refractivity contribution is 5.81. The second-order valence-electron chi connectivity index (χ2n) is 9.53. The zero-order valence-corrected chi connectivity index (χ0v) is 29.8. The zero-order valence-electron chi connectivity index (χ0n) is 29.8. The number of ether oxygens (including phenoxy) is 15. The fourth-order valence-electron chi connectivity index (χ4n) is 3.26. The lowest BCUT2D eigenvalue weighted by atomic mass is 10.6. The molecule has 0 aromatic rings. The SMILES string of the molecule is C=CC(=O)OCCOCCOCCOCCOCCOCCOCCOCCOCCOCCOCCOCCOCCOCCOCC. The molecule has 16 nitrogen and oxygen atoms in total. The lowest BCUT2D eigenvalue weighted by Gasteiger charge is -2.09. The van der Waals surface area contributed by atoms with Crippen LogP contribution in [0.4, 0.5) is 0 Å². The summed E-state index contributed by atoms with van der Waals surface area (Å²) in [4.78, 5) is 10.8. The highest BCUT2D eigenvalue weighted by atomic mass is 16.6. The predicted molar refractivity (Wildman–Crippen MR) is 178 cm³/mol. The minimum absolute atomic E-state index is 0.196. The summed E-state index contributed by atoms with van der Waals surface area (Å²) in [5.74, 6) is -0.461. The minimum atomic E-state index is -0.461. The van der Waals surface area contributed by atoms with Crippen LogP contribution in [0.25, 0.3) is 0 Å². The summed E-state index contributed by atoms with van der Waals surface area (Å²) in [6.45, 7) is 19.6. The van der Waals surface area contributed by atoms with Gasteiger partial charge in [-0.2, -0.15) is 0 Å². The Kier molecular flexibility index (Phi) is 43.4. The summed E-state index contributed by atoms with van der Waals surface area (Å²) >= 11 is 0. The van der Waals surface area contributed by atoms with Crippen molar-refractivity contribution in [3.63, 3.8) is 0 Å². The number of esters is 1. The molecule has 0 aliphatic heterocycles. The van der Waals surface area contributed by atoms with Gasteiger partial charge in [-0.05, 0) is 6.92 Å². The molecule has 0 aromatic heterocycles. The molecule has 0 saturated carbocycles. The minimum Gasteiger partial charge on any atom is -0.460 e. The molecule has 0 amide bonds. The van der Waals surface area contributed by atoms with Gasteiger partial charge in [0.05, 0.1) is 178 Å². The van der Waals surface area contributed by atoms with E-state index < -0.39 is 5.97 Å². The van der Waals surface area contributed by atoms with Crippen LogP contribution in [0.2, 0.25) is 0 Å². The maximum Gasteiger partial charge on any atom is 0.330 e. The van der Waals surface area contributed by atoms with Crippen LogP contribution in [0.1, 0.15) is 6.92 Å². The third-order valence-corrected chi connectivity index (χ3v) is 5.68. The third-order valence-electron chi connectivity index (χ3n) is 5.68. The molecule has 0 heterocycles.